The Labute approximate surface area is 172 Å². The first-order valence-electron chi connectivity index (χ1n) is 11.0. The Hall–Kier alpha value is -2.67. The van der Waals surface area contributed by atoms with E-state index in [0.29, 0.717) is 0 Å². The van der Waals surface area contributed by atoms with Gasteiger partial charge in [-0.2, -0.15) is 0 Å². The van der Waals surface area contributed by atoms with Crippen molar-refractivity contribution < 1.29 is 0 Å². The summed E-state index contributed by atoms with van der Waals surface area (Å²) in [5.41, 5.74) is 7.28. The quantitative estimate of drug-likeness (QED) is 0.309. The molecule has 0 N–H and O–H groups in total. The summed E-state index contributed by atoms with van der Waals surface area (Å²) < 4.78 is 0. The van der Waals surface area contributed by atoms with Crippen LogP contribution in [0, 0.1) is 0 Å². The number of fused-ring (bicyclic) bond motifs is 6. The summed E-state index contributed by atoms with van der Waals surface area (Å²) in [7, 11) is 0. The molecule has 3 aromatic carbocycles. The molecule has 0 saturated heterocycles. The zero-order valence-electron chi connectivity index (χ0n) is 17.5. The molecule has 1 heteroatoms. The molecule has 144 valence electrons. The summed E-state index contributed by atoms with van der Waals surface area (Å²) in [6.45, 7) is 6.99. The number of hydrogen-bond acceptors (Lipinski definition) is 1. The Morgan fingerprint density at radius 3 is 2.45 bits per heavy atom. The van der Waals surface area contributed by atoms with Crippen molar-refractivity contribution in [2.24, 2.45) is 0 Å². The van der Waals surface area contributed by atoms with E-state index in [1.54, 1.807) is 0 Å². The van der Waals surface area contributed by atoms with Crippen LogP contribution in [0.1, 0.15) is 63.1 Å². The predicted molar refractivity (Wildman–Crippen MR) is 123 cm³/mol. The van der Waals surface area contributed by atoms with Gasteiger partial charge >= 0.3 is 0 Å². The van der Waals surface area contributed by atoms with Crippen molar-refractivity contribution in [3.63, 3.8) is 0 Å². The van der Waals surface area contributed by atoms with Gasteiger partial charge in [-0.25, -0.2) is 0 Å². The zero-order chi connectivity index (χ0) is 19.8. The minimum Gasteiger partial charge on any atom is -0.256 e. The molecule has 4 aromatic rings. The summed E-state index contributed by atoms with van der Waals surface area (Å²) in [6.07, 6.45) is 7.09. The highest BCUT2D eigenvalue weighted by atomic mass is 14.7. The molecule has 2 aliphatic rings. The largest absolute Gasteiger partial charge is 0.256 e. The molecule has 29 heavy (non-hydrogen) atoms. The van der Waals surface area contributed by atoms with Crippen molar-refractivity contribution in [1.82, 2.24) is 4.98 Å². The number of pyridine rings is 1. The number of hydrogen-bond donors (Lipinski definition) is 0. The molecular weight excluding hydrogens is 350 g/mol. The first-order valence-corrected chi connectivity index (χ1v) is 11.0. The SMILES string of the molecule is CC(C)(C)c1cc2c3c(nccc3c1)-c1ccc3ccccc3c1C21CCCC1. The van der Waals surface area contributed by atoms with E-state index in [9.17, 15) is 0 Å². The van der Waals surface area contributed by atoms with Crippen molar-refractivity contribution in [2.45, 2.75) is 57.3 Å². The van der Waals surface area contributed by atoms with Gasteiger partial charge in [-0.05, 0) is 57.2 Å². The van der Waals surface area contributed by atoms with Crippen LogP contribution in [-0.2, 0) is 10.8 Å². The molecule has 2 aliphatic carbocycles. The summed E-state index contributed by atoms with van der Waals surface area (Å²) in [4.78, 5) is 4.93. The Balaban J connectivity index is 1.83. The van der Waals surface area contributed by atoms with Gasteiger partial charge in [0, 0.05) is 22.6 Å². The van der Waals surface area contributed by atoms with Crippen molar-refractivity contribution in [3.8, 4) is 11.3 Å². The fourth-order valence-electron chi connectivity index (χ4n) is 5.95. The summed E-state index contributed by atoms with van der Waals surface area (Å²) in [6, 6.07) is 20.7. The standard InChI is InChI=1S/C28H27N/c1-27(2,3)20-16-19-12-15-29-26-22-11-10-18-8-4-5-9-21(18)25(22)28(13-6-7-14-28)23(17-20)24(19)26/h4-5,8-12,15-17H,6-7,13-14H2,1-3H3. The minimum atomic E-state index is 0.117. The lowest BCUT2D eigenvalue weighted by Crippen LogP contribution is -2.29. The van der Waals surface area contributed by atoms with E-state index in [-0.39, 0.29) is 10.8 Å². The predicted octanol–water partition coefficient (Wildman–Crippen LogP) is 7.53. The molecule has 1 saturated carbocycles. The Morgan fingerprint density at radius 1 is 0.862 bits per heavy atom. The number of rotatable bonds is 0. The van der Waals surface area contributed by atoms with Crippen molar-refractivity contribution in [1.29, 1.82) is 0 Å². The highest BCUT2D eigenvalue weighted by Gasteiger charge is 2.45. The van der Waals surface area contributed by atoms with Gasteiger partial charge < -0.3 is 0 Å². The Morgan fingerprint density at radius 2 is 1.66 bits per heavy atom. The number of aromatic nitrogens is 1. The normalized spacial score (nSPS) is 17.2. The topological polar surface area (TPSA) is 12.9 Å². The third-order valence-electron chi connectivity index (χ3n) is 7.36. The maximum atomic E-state index is 4.93. The third-order valence-corrected chi connectivity index (χ3v) is 7.36. The van der Waals surface area contributed by atoms with Gasteiger partial charge in [0.25, 0.3) is 0 Å². The highest BCUT2D eigenvalue weighted by molar-refractivity contribution is 6.06. The molecule has 0 amide bonds. The lowest BCUT2D eigenvalue weighted by molar-refractivity contribution is 0.536. The zero-order valence-corrected chi connectivity index (χ0v) is 17.5. The molecule has 1 fully saturated rings. The lowest BCUT2D eigenvalue weighted by atomic mass is 9.64. The fraction of sp³-hybridized carbons (Fsp3) is 0.321. The molecule has 1 heterocycles. The van der Waals surface area contributed by atoms with E-state index in [2.05, 4.69) is 75.4 Å². The third kappa shape index (κ3) is 2.25. The molecule has 0 radical (unpaired) electrons. The van der Waals surface area contributed by atoms with Crippen molar-refractivity contribution >= 4 is 21.5 Å². The average molecular weight is 378 g/mol. The molecule has 1 aromatic heterocycles. The molecule has 1 nitrogen and oxygen atoms in total. The second-order valence-corrected chi connectivity index (χ2v) is 10.0. The van der Waals surface area contributed by atoms with E-state index in [1.165, 1.54) is 75.2 Å². The van der Waals surface area contributed by atoms with Crippen molar-refractivity contribution in [3.05, 3.63) is 77.5 Å². The van der Waals surface area contributed by atoms with Gasteiger partial charge in [0.1, 0.15) is 0 Å². The lowest BCUT2D eigenvalue weighted by Gasteiger charge is -2.39. The summed E-state index contributed by atoms with van der Waals surface area (Å²) in [5, 5.41) is 5.50. The second-order valence-electron chi connectivity index (χ2n) is 10.0. The molecule has 0 atom stereocenters. The van der Waals surface area contributed by atoms with Crippen LogP contribution in [0.15, 0.2) is 60.8 Å². The van der Waals surface area contributed by atoms with E-state index >= 15 is 0 Å². The maximum Gasteiger partial charge on any atom is 0.0786 e. The molecule has 1 spiro atoms. The average Bonchev–Trinajstić information content (AvgIpc) is 3.20. The van der Waals surface area contributed by atoms with Crippen LogP contribution in [0.5, 0.6) is 0 Å². The van der Waals surface area contributed by atoms with Gasteiger partial charge in [-0.15, -0.1) is 0 Å². The first-order chi connectivity index (χ1) is 14.0. The molecule has 0 bridgehead atoms. The van der Waals surface area contributed by atoms with Crippen LogP contribution in [0.25, 0.3) is 32.8 Å². The summed E-state index contributed by atoms with van der Waals surface area (Å²) in [5.74, 6) is 0. The Kier molecular flexibility index (Phi) is 3.38. The smallest absolute Gasteiger partial charge is 0.0786 e. The fourth-order valence-corrected chi connectivity index (χ4v) is 5.95. The highest BCUT2D eigenvalue weighted by Crippen LogP contribution is 2.57. The Bertz CT molecular complexity index is 1280. The second kappa shape index (κ2) is 5.69. The first kappa shape index (κ1) is 17.2. The molecule has 0 aliphatic heterocycles. The van der Waals surface area contributed by atoms with Crippen LogP contribution in [0.2, 0.25) is 0 Å². The van der Waals surface area contributed by atoms with Gasteiger partial charge in [0.2, 0.25) is 0 Å². The van der Waals surface area contributed by atoms with Crippen LogP contribution >= 0.6 is 0 Å². The van der Waals surface area contributed by atoms with Crippen molar-refractivity contribution in [2.75, 3.05) is 0 Å². The van der Waals surface area contributed by atoms with E-state index in [4.69, 9.17) is 4.98 Å². The minimum absolute atomic E-state index is 0.117. The maximum absolute atomic E-state index is 4.93. The molecular formula is C28H27N. The summed E-state index contributed by atoms with van der Waals surface area (Å²) >= 11 is 0. The van der Waals surface area contributed by atoms with Crippen LogP contribution in [0.3, 0.4) is 0 Å². The number of nitrogens with zero attached hydrogens (tertiary/aromatic N) is 1. The van der Waals surface area contributed by atoms with Gasteiger partial charge in [0.15, 0.2) is 0 Å². The van der Waals surface area contributed by atoms with E-state index in [1.807, 2.05) is 6.20 Å². The number of benzene rings is 3. The van der Waals surface area contributed by atoms with E-state index in [0.717, 1.165) is 0 Å². The van der Waals surface area contributed by atoms with Crippen LogP contribution in [0.4, 0.5) is 0 Å². The van der Waals surface area contributed by atoms with Crippen LogP contribution < -0.4 is 0 Å². The molecule has 6 rings (SSSR count). The van der Waals surface area contributed by atoms with Gasteiger partial charge in [-0.3, -0.25) is 4.98 Å². The molecule has 0 unspecified atom stereocenters. The monoisotopic (exact) mass is 377 g/mol. The van der Waals surface area contributed by atoms with Gasteiger partial charge in [0.05, 0.1) is 5.69 Å². The van der Waals surface area contributed by atoms with Crippen LogP contribution in [-0.4, -0.2) is 4.98 Å². The van der Waals surface area contributed by atoms with E-state index < -0.39 is 0 Å². The van der Waals surface area contributed by atoms with Gasteiger partial charge in [-0.1, -0.05) is 82.1 Å².